The van der Waals surface area contributed by atoms with Crippen molar-refractivity contribution in [1.29, 1.82) is 0 Å². The van der Waals surface area contributed by atoms with Crippen molar-refractivity contribution in [3.05, 3.63) is 5.53 Å². The first kappa shape index (κ1) is 8.62. The summed E-state index contributed by atoms with van der Waals surface area (Å²) in [5.41, 5.74) is 7.84. The molecule has 0 saturated heterocycles. The number of carbonyl (C=O) groups excluding carboxylic acids is 2. The molecule has 1 aliphatic rings. The lowest BCUT2D eigenvalue weighted by Gasteiger charge is -1.90. The van der Waals surface area contributed by atoms with Gasteiger partial charge in [0.1, 0.15) is 0 Å². The molecule has 0 atom stereocenters. The fourth-order valence-electron chi connectivity index (χ4n) is 0.826. The Hall–Kier alpha value is -1.48. The Morgan fingerprint density at radius 1 is 1.50 bits per heavy atom. The van der Waals surface area contributed by atoms with Crippen molar-refractivity contribution in [2.75, 3.05) is 7.11 Å². The van der Waals surface area contributed by atoms with Crippen molar-refractivity contribution in [2.45, 2.75) is 12.8 Å². The maximum absolute atomic E-state index is 11.1. The zero-order valence-electron chi connectivity index (χ0n) is 6.61. The number of carbonyl (C=O) groups is 2. The molecule has 0 aromatic heterocycles. The van der Waals surface area contributed by atoms with E-state index < -0.39 is 17.5 Å². The summed E-state index contributed by atoms with van der Waals surface area (Å²) in [5.74, 6) is -1.45. The van der Waals surface area contributed by atoms with E-state index in [2.05, 4.69) is 9.53 Å². The molecule has 1 aliphatic carbocycles. The Bertz CT molecular complexity index is 274. The molecule has 0 amide bonds. The number of hydrogen-bond donors (Lipinski definition) is 0. The van der Waals surface area contributed by atoms with E-state index in [1.54, 1.807) is 0 Å². The summed E-state index contributed by atoms with van der Waals surface area (Å²) in [5, 5.41) is 0. The molecule has 0 unspecified atom stereocenters. The van der Waals surface area contributed by atoms with Crippen molar-refractivity contribution in [3.63, 3.8) is 0 Å². The molecule has 0 bridgehead atoms. The molecule has 5 nitrogen and oxygen atoms in total. The molecular weight excluding hydrogens is 160 g/mol. The Labute approximate surface area is 68.9 Å². The third kappa shape index (κ3) is 1.57. The standard InChI is InChI=1S/C7H8N2O3/c1-12-7(11)5(9-8)6(10)4-2-3-4/h4H,2-3H2,1H3. The van der Waals surface area contributed by atoms with Gasteiger partial charge in [-0.15, -0.1) is 0 Å². The van der Waals surface area contributed by atoms with Crippen LogP contribution in [0, 0.1) is 5.92 Å². The van der Waals surface area contributed by atoms with E-state index >= 15 is 0 Å². The number of nitrogens with zero attached hydrogens (tertiary/aromatic N) is 2. The minimum Gasteiger partial charge on any atom is -0.460 e. The molecule has 0 spiro atoms. The van der Waals surface area contributed by atoms with Gasteiger partial charge in [0.2, 0.25) is 0 Å². The second-order valence-electron chi connectivity index (χ2n) is 2.58. The highest BCUT2D eigenvalue weighted by Gasteiger charge is 2.41. The first-order valence-corrected chi connectivity index (χ1v) is 3.55. The van der Waals surface area contributed by atoms with Gasteiger partial charge in [0.25, 0.3) is 5.78 Å². The number of ketones is 1. The van der Waals surface area contributed by atoms with Crippen LogP contribution >= 0.6 is 0 Å². The van der Waals surface area contributed by atoms with Crippen LogP contribution < -0.4 is 0 Å². The molecule has 0 aromatic carbocycles. The number of rotatable bonds is 3. The topological polar surface area (TPSA) is 79.8 Å². The predicted molar refractivity (Wildman–Crippen MR) is 38.4 cm³/mol. The minimum absolute atomic E-state index is 0.144. The third-order valence-corrected chi connectivity index (χ3v) is 1.66. The summed E-state index contributed by atoms with van der Waals surface area (Å²) < 4.78 is 4.25. The van der Waals surface area contributed by atoms with Crippen LogP contribution in [0.5, 0.6) is 0 Å². The highest BCUT2D eigenvalue weighted by atomic mass is 16.5. The lowest BCUT2D eigenvalue weighted by atomic mass is 10.2. The Balaban J connectivity index is 2.75. The summed E-state index contributed by atoms with van der Waals surface area (Å²) in [6, 6.07) is 0. The first-order chi connectivity index (χ1) is 5.70. The molecule has 0 N–H and O–H groups in total. The fraction of sp³-hybridized carbons (Fsp3) is 0.571. The van der Waals surface area contributed by atoms with Crippen LogP contribution in [0.25, 0.3) is 5.53 Å². The number of esters is 1. The van der Waals surface area contributed by atoms with Crippen molar-refractivity contribution in [1.82, 2.24) is 0 Å². The van der Waals surface area contributed by atoms with Crippen LogP contribution in [0.3, 0.4) is 0 Å². The number of hydrogen-bond acceptors (Lipinski definition) is 3. The van der Waals surface area contributed by atoms with Crippen molar-refractivity contribution < 1.29 is 19.1 Å². The van der Waals surface area contributed by atoms with Gasteiger partial charge in [-0.1, -0.05) is 0 Å². The lowest BCUT2D eigenvalue weighted by molar-refractivity contribution is -0.139. The number of Topliss-reactive ketones (excluding diaryl/α,β-unsaturated/α-hetero) is 1. The molecule has 1 saturated carbocycles. The number of ether oxygens (including phenoxy) is 1. The second kappa shape index (κ2) is 3.28. The molecule has 0 aliphatic heterocycles. The minimum atomic E-state index is -0.880. The van der Waals surface area contributed by atoms with Crippen LogP contribution in [0.2, 0.25) is 0 Å². The Morgan fingerprint density at radius 3 is 2.42 bits per heavy atom. The van der Waals surface area contributed by atoms with Crippen LogP contribution in [0.1, 0.15) is 12.8 Å². The van der Waals surface area contributed by atoms with E-state index in [1.807, 2.05) is 0 Å². The highest BCUT2D eigenvalue weighted by molar-refractivity contribution is 6.62. The molecule has 0 aromatic rings. The van der Waals surface area contributed by atoms with Crippen LogP contribution in [0.4, 0.5) is 0 Å². The van der Waals surface area contributed by atoms with Gasteiger partial charge in [0.05, 0.1) is 7.11 Å². The fourth-order valence-corrected chi connectivity index (χ4v) is 0.826. The van der Waals surface area contributed by atoms with Gasteiger partial charge >= 0.3 is 11.7 Å². The molecule has 12 heavy (non-hydrogen) atoms. The molecule has 64 valence electrons. The predicted octanol–water partition coefficient (Wildman–Crippen LogP) is -0.191. The van der Waals surface area contributed by atoms with Crippen LogP contribution in [0.15, 0.2) is 0 Å². The first-order valence-electron chi connectivity index (χ1n) is 3.55. The lowest BCUT2D eigenvalue weighted by Crippen LogP contribution is -2.27. The smallest absolute Gasteiger partial charge is 0.441 e. The van der Waals surface area contributed by atoms with Gasteiger partial charge in [-0.2, -0.15) is 4.79 Å². The number of methoxy groups -OCH3 is 1. The average Bonchev–Trinajstić information content (AvgIpc) is 2.87. The summed E-state index contributed by atoms with van der Waals surface area (Å²) in [6.07, 6.45) is 1.52. The van der Waals surface area contributed by atoms with Gasteiger partial charge < -0.3 is 10.3 Å². The molecule has 5 heteroatoms. The third-order valence-electron chi connectivity index (χ3n) is 1.66. The summed E-state index contributed by atoms with van der Waals surface area (Å²) in [6.45, 7) is 0. The molecular formula is C7H8N2O3. The summed E-state index contributed by atoms with van der Waals surface area (Å²) in [4.78, 5) is 24.5. The van der Waals surface area contributed by atoms with Crippen molar-refractivity contribution in [2.24, 2.45) is 5.92 Å². The van der Waals surface area contributed by atoms with Crippen molar-refractivity contribution >= 4 is 17.5 Å². The second-order valence-corrected chi connectivity index (χ2v) is 2.58. The monoisotopic (exact) mass is 168 g/mol. The summed E-state index contributed by atoms with van der Waals surface area (Å²) >= 11 is 0. The largest absolute Gasteiger partial charge is 0.460 e. The van der Waals surface area contributed by atoms with E-state index in [1.165, 1.54) is 0 Å². The highest BCUT2D eigenvalue weighted by Crippen LogP contribution is 2.29. The maximum Gasteiger partial charge on any atom is 0.441 e. The normalized spacial score (nSPS) is 14.8. The zero-order valence-corrected chi connectivity index (χ0v) is 6.61. The van der Waals surface area contributed by atoms with E-state index in [9.17, 15) is 9.59 Å². The average molecular weight is 168 g/mol. The molecule has 0 radical (unpaired) electrons. The van der Waals surface area contributed by atoms with E-state index in [-0.39, 0.29) is 5.92 Å². The SMILES string of the molecule is COC(=O)C(=[N+]=[N-])C(=O)C1CC1. The molecule has 0 heterocycles. The van der Waals surface area contributed by atoms with E-state index in [0.29, 0.717) is 0 Å². The van der Waals surface area contributed by atoms with Gasteiger partial charge in [-0.25, -0.2) is 4.79 Å². The van der Waals surface area contributed by atoms with E-state index in [0.717, 1.165) is 20.0 Å². The zero-order chi connectivity index (χ0) is 9.14. The maximum atomic E-state index is 11.1. The van der Waals surface area contributed by atoms with Crippen LogP contribution in [-0.2, 0) is 14.3 Å². The Kier molecular flexibility index (Phi) is 2.35. The van der Waals surface area contributed by atoms with Gasteiger partial charge in [0.15, 0.2) is 0 Å². The van der Waals surface area contributed by atoms with Crippen molar-refractivity contribution in [3.8, 4) is 0 Å². The molecule has 1 fully saturated rings. The van der Waals surface area contributed by atoms with Crippen LogP contribution in [-0.4, -0.2) is 29.4 Å². The van der Waals surface area contributed by atoms with Gasteiger partial charge in [-0.05, 0) is 12.8 Å². The Morgan fingerprint density at radius 2 is 2.08 bits per heavy atom. The van der Waals surface area contributed by atoms with E-state index in [4.69, 9.17) is 5.53 Å². The van der Waals surface area contributed by atoms with Gasteiger partial charge in [-0.3, -0.25) is 4.79 Å². The van der Waals surface area contributed by atoms with Gasteiger partial charge in [0, 0.05) is 5.92 Å². The molecule has 1 rings (SSSR count). The quantitative estimate of drug-likeness (QED) is 0.192. The summed E-state index contributed by atoms with van der Waals surface area (Å²) in [7, 11) is 1.13.